The number of likely N-dealkylation sites (N-methyl/N-ethyl adjacent to an activating group) is 1. The average Bonchev–Trinajstić information content (AvgIpc) is 2.81. The molecule has 1 atom stereocenters. The van der Waals surface area contributed by atoms with Gasteiger partial charge in [0.05, 0.1) is 21.9 Å². The highest BCUT2D eigenvalue weighted by Gasteiger charge is 2.39. The summed E-state index contributed by atoms with van der Waals surface area (Å²) in [5, 5.41) is 0. The number of carbonyl (C=O) groups is 2. The quantitative estimate of drug-likeness (QED) is 0.796. The van der Waals surface area contributed by atoms with Crippen LogP contribution in [0, 0.1) is 5.82 Å². The Balaban J connectivity index is 2.22. The van der Waals surface area contributed by atoms with Crippen molar-refractivity contribution in [1.82, 2.24) is 14.5 Å². The average molecular weight is 341 g/mol. The van der Waals surface area contributed by atoms with E-state index >= 15 is 0 Å². The molecule has 2 N–H and O–H groups in total. The van der Waals surface area contributed by atoms with Gasteiger partial charge in [0.2, 0.25) is 11.9 Å². The molecule has 0 radical (unpaired) electrons. The Hall–Kier alpha value is -1.96. The van der Waals surface area contributed by atoms with Gasteiger partial charge in [-0.1, -0.05) is 0 Å². The Morgan fingerprint density at radius 2 is 2.15 bits per heavy atom. The maximum Gasteiger partial charge on any atom is 0.252 e. The highest BCUT2D eigenvalue weighted by atomic mass is 79.9. The van der Waals surface area contributed by atoms with E-state index in [0.29, 0.717) is 11.0 Å². The predicted molar refractivity (Wildman–Crippen MR) is 73.2 cm³/mol. The van der Waals surface area contributed by atoms with Crippen molar-refractivity contribution in [2.24, 2.45) is 0 Å². The topological polar surface area (TPSA) is 81.2 Å². The van der Waals surface area contributed by atoms with Crippen LogP contribution in [0.3, 0.4) is 0 Å². The number of fused-ring (bicyclic) bond motifs is 1. The van der Waals surface area contributed by atoms with E-state index in [1.807, 2.05) is 0 Å². The van der Waals surface area contributed by atoms with Crippen molar-refractivity contribution in [2.45, 2.75) is 12.5 Å². The van der Waals surface area contributed by atoms with Crippen LogP contribution in [0.2, 0.25) is 0 Å². The van der Waals surface area contributed by atoms with Gasteiger partial charge >= 0.3 is 0 Å². The van der Waals surface area contributed by atoms with Crippen molar-refractivity contribution in [3.8, 4) is 0 Å². The third-order valence-electron chi connectivity index (χ3n) is 3.43. The highest BCUT2D eigenvalue weighted by Crippen LogP contribution is 2.32. The largest absolute Gasteiger partial charge is 0.369 e. The zero-order valence-corrected chi connectivity index (χ0v) is 12.0. The molecule has 0 aliphatic carbocycles. The number of nitrogen functional groups attached to an aromatic ring is 1. The molecule has 2 heterocycles. The van der Waals surface area contributed by atoms with Crippen LogP contribution in [-0.2, 0) is 9.59 Å². The Morgan fingerprint density at radius 1 is 1.45 bits per heavy atom. The number of halogens is 2. The normalized spacial score (nSPS) is 19.4. The molecule has 1 aliphatic rings. The smallest absolute Gasteiger partial charge is 0.252 e. The fraction of sp³-hybridized carbons (Fsp3) is 0.250. The van der Waals surface area contributed by atoms with Gasteiger partial charge in [-0.25, -0.2) is 9.37 Å². The number of benzene rings is 1. The number of hydrogen-bond donors (Lipinski definition) is 1. The van der Waals surface area contributed by atoms with E-state index in [4.69, 9.17) is 5.73 Å². The Morgan fingerprint density at radius 3 is 2.75 bits per heavy atom. The number of rotatable bonds is 1. The number of anilines is 1. The Labute approximate surface area is 121 Å². The first-order chi connectivity index (χ1) is 9.40. The van der Waals surface area contributed by atoms with E-state index in [1.165, 1.54) is 23.7 Å². The van der Waals surface area contributed by atoms with Crippen LogP contribution in [0.15, 0.2) is 16.6 Å². The summed E-state index contributed by atoms with van der Waals surface area (Å²) in [5.41, 5.74) is 6.68. The molecular formula is C12H10BrFN4O2. The molecule has 1 saturated heterocycles. The summed E-state index contributed by atoms with van der Waals surface area (Å²) in [5.74, 6) is -1.06. The van der Waals surface area contributed by atoms with Gasteiger partial charge in [0.15, 0.2) is 0 Å². The van der Waals surface area contributed by atoms with Crippen LogP contribution in [0.5, 0.6) is 0 Å². The molecule has 1 aromatic carbocycles. The van der Waals surface area contributed by atoms with Crippen molar-refractivity contribution in [3.05, 3.63) is 22.4 Å². The van der Waals surface area contributed by atoms with E-state index in [0.717, 1.165) is 4.90 Å². The van der Waals surface area contributed by atoms with Gasteiger partial charge < -0.3 is 5.73 Å². The molecule has 0 spiro atoms. The molecule has 3 rings (SSSR count). The second-order valence-electron chi connectivity index (χ2n) is 4.61. The second-order valence-corrected chi connectivity index (χ2v) is 5.46. The van der Waals surface area contributed by atoms with E-state index in [1.54, 1.807) is 0 Å². The van der Waals surface area contributed by atoms with Gasteiger partial charge in [-0.05, 0) is 22.0 Å². The molecule has 20 heavy (non-hydrogen) atoms. The Bertz CT molecular complexity index is 757. The van der Waals surface area contributed by atoms with Crippen LogP contribution >= 0.6 is 15.9 Å². The monoisotopic (exact) mass is 340 g/mol. The number of likely N-dealkylation sites (tertiary alicyclic amines) is 1. The van der Waals surface area contributed by atoms with E-state index in [2.05, 4.69) is 20.9 Å². The minimum atomic E-state index is -0.766. The maximum atomic E-state index is 13.7. The number of amides is 2. The van der Waals surface area contributed by atoms with E-state index in [9.17, 15) is 14.0 Å². The van der Waals surface area contributed by atoms with Gasteiger partial charge in [0.25, 0.3) is 5.91 Å². The number of nitrogens with two attached hydrogens (primary N) is 1. The number of nitrogens with zero attached hydrogens (tertiary/aromatic N) is 3. The molecule has 0 saturated carbocycles. The van der Waals surface area contributed by atoms with Gasteiger partial charge in [-0.2, -0.15) is 0 Å². The number of imidazole rings is 1. The minimum absolute atomic E-state index is 0.00266. The predicted octanol–water partition coefficient (Wildman–Crippen LogP) is 1.45. The summed E-state index contributed by atoms with van der Waals surface area (Å²) in [6.07, 6.45) is 0.00266. The molecule has 8 heteroatoms. The summed E-state index contributed by atoms with van der Waals surface area (Å²) < 4.78 is 15.4. The molecular weight excluding hydrogens is 331 g/mol. The lowest BCUT2D eigenvalue weighted by Crippen LogP contribution is -2.27. The maximum absolute atomic E-state index is 13.7. The van der Waals surface area contributed by atoms with Crippen molar-refractivity contribution in [3.63, 3.8) is 0 Å². The molecule has 2 amide bonds. The first-order valence-electron chi connectivity index (χ1n) is 5.83. The second kappa shape index (κ2) is 4.27. The molecule has 1 aromatic heterocycles. The first-order valence-corrected chi connectivity index (χ1v) is 6.62. The van der Waals surface area contributed by atoms with Crippen molar-refractivity contribution in [1.29, 1.82) is 0 Å². The molecule has 0 bridgehead atoms. The molecule has 1 aliphatic heterocycles. The van der Waals surface area contributed by atoms with Gasteiger partial charge in [-0.15, -0.1) is 0 Å². The van der Waals surface area contributed by atoms with E-state index < -0.39 is 11.9 Å². The van der Waals surface area contributed by atoms with Crippen molar-refractivity contribution in [2.75, 3.05) is 12.8 Å². The third kappa shape index (κ3) is 1.71. The summed E-state index contributed by atoms with van der Waals surface area (Å²) in [4.78, 5) is 28.8. The lowest BCUT2D eigenvalue weighted by atomic mass is 10.2. The van der Waals surface area contributed by atoms with Crippen LogP contribution in [0.4, 0.5) is 10.3 Å². The fourth-order valence-electron chi connectivity index (χ4n) is 2.37. The number of imide groups is 1. The van der Waals surface area contributed by atoms with Crippen molar-refractivity contribution >= 4 is 44.7 Å². The zero-order valence-electron chi connectivity index (χ0n) is 10.4. The molecule has 6 nitrogen and oxygen atoms in total. The molecule has 1 fully saturated rings. The fourth-order valence-corrected chi connectivity index (χ4v) is 2.71. The van der Waals surface area contributed by atoms with Crippen LogP contribution < -0.4 is 5.73 Å². The first kappa shape index (κ1) is 13.0. The number of carbonyl (C=O) groups excluding carboxylic acids is 2. The summed E-state index contributed by atoms with van der Waals surface area (Å²) in [6, 6.07) is 1.97. The van der Waals surface area contributed by atoms with Gasteiger partial charge in [0.1, 0.15) is 11.9 Å². The molecule has 1 unspecified atom stereocenters. The molecule has 104 valence electrons. The highest BCUT2D eigenvalue weighted by molar-refractivity contribution is 9.10. The summed E-state index contributed by atoms with van der Waals surface area (Å²) >= 11 is 3.07. The SMILES string of the molecule is CN1C(=O)CC(n2c(N)nc3cc(Br)c(F)cc32)C1=O. The van der Waals surface area contributed by atoms with Gasteiger partial charge in [-0.3, -0.25) is 19.1 Å². The standard InChI is InChI=1S/C12H10BrFN4O2/c1-17-10(19)4-9(11(17)20)18-8-3-6(14)5(13)2-7(8)16-12(18)15/h2-3,9H,4H2,1H3,(H2,15,16). The Kier molecular flexibility index (Phi) is 2.79. The summed E-state index contributed by atoms with van der Waals surface area (Å²) in [7, 11) is 1.41. The van der Waals surface area contributed by atoms with Crippen molar-refractivity contribution < 1.29 is 14.0 Å². The van der Waals surface area contributed by atoms with Gasteiger partial charge in [0, 0.05) is 13.1 Å². The summed E-state index contributed by atoms with van der Waals surface area (Å²) in [6.45, 7) is 0. The molecule has 2 aromatic rings. The van der Waals surface area contributed by atoms with Crippen LogP contribution in [-0.4, -0.2) is 33.3 Å². The number of aromatic nitrogens is 2. The van der Waals surface area contributed by atoms with E-state index in [-0.39, 0.29) is 28.7 Å². The third-order valence-corrected chi connectivity index (χ3v) is 4.04. The zero-order chi connectivity index (χ0) is 14.6. The van der Waals surface area contributed by atoms with Crippen LogP contribution in [0.1, 0.15) is 12.5 Å². The lowest BCUT2D eigenvalue weighted by Gasteiger charge is -2.13. The minimum Gasteiger partial charge on any atom is -0.369 e. The number of hydrogen-bond acceptors (Lipinski definition) is 4. The lowest BCUT2D eigenvalue weighted by molar-refractivity contribution is -0.137. The van der Waals surface area contributed by atoms with Crippen LogP contribution in [0.25, 0.3) is 11.0 Å².